The summed E-state index contributed by atoms with van der Waals surface area (Å²) in [6.45, 7) is 8.39. The number of carbonyl (C=O) groups is 2. The van der Waals surface area contributed by atoms with Crippen molar-refractivity contribution in [3.63, 3.8) is 0 Å². The molecule has 5 nitrogen and oxygen atoms in total. The summed E-state index contributed by atoms with van der Waals surface area (Å²) in [7, 11) is 0. The highest BCUT2D eigenvalue weighted by molar-refractivity contribution is 9.10. The normalized spacial score (nSPS) is 11.7. The van der Waals surface area contributed by atoms with E-state index in [0.29, 0.717) is 28.8 Å². The number of halogens is 3. The fraction of sp³-hybridized carbons (Fsp3) is 0.417. The smallest absolute Gasteiger partial charge is 0.261 e. The van der Waals surface area contributed by atoms with Crippen LogP contribution in [0.5, 0.6) is 5.75 Å². The van der Waals surface area contributed by atoms with Crippen molar-refractivity contribution in [1.82, 2.24) is 10.2 Å². The van der Waals surface area contributed by atoms with Crippen molar-refractivity contribution in [2.24, 2.45) is 0 Å². The first-order valence-corrected chi connectivity index (χ1v) is 12.1. The summed E-state index contributed by atoms with van der Waals surface area (Å²) < 4.78 is 6.82. The first kappa shape index (κ1) is 26.5. The molecule has 2 rings (SSSR count). The van der Waals surface area contributed by atoms with Crippen LogP contribution in [0.2, 0.25) is 10.0 Å². The van der Waals surface area contributed by atoms with Gasteiger partial charge in [-0.2, -0.15) is 0 Å². The molecular weight excluding hydrogens is 515 g/mol. The van der Waals surface area contributed by atoms with Crippen LogP contribution in [-0.4, -0.2) is 35.9 Å². The Morgan fingerprint density at radius 1 is 1.09 bits per heavy atom. The minimum atomic E-state index is -0.625. The van der Waals surface area contributed by atoms with E-state index < -0.39 is 6.04 Å². The largest absolute Gasteiger partial charge is 0.484 e. The number of nitrogens with one attached hydrogen (secondary N) is 1. The third-order valence-corrected chi connectivity index (χ3v) is 7.03. The predicted molar refractivity (Wildman–Crippen MR) is 134 cm³/mol. The van der Waals surface area contributed by atoms with Crippen molar-refractivity contribution in [2.75, 3.05) is 13.2 Å². The molecule has 0 spiro atoms. The molecule has 2 aromatic rings. The highest BCUT2D eigenvalue weighted by Crippen LogP contribution is 2.27. The zero-order valence-corrected chi connectivity index (χ0v) is 21.9. The van der Waals surface area contributed by atoms with Gasteiger partial charge in [0.15, 0.2) is 6.61 Å². The number of hydrogen-bond acceptors (Lipinski definition) is 3. The van der Waals surface area contributed by atoms with Gasteiger partial charge in [0.1, 0.15) is 11.8 Å². The fourth-order valence-electron chi connectivity index (χ4n) is 3.34. The van der Waals surface area contributed by atoms with Crippen molar-refractivity contribution in [2.45, 2.75) is 53.1 Å². The van der Waals surface area contributed by atoms with Gasteiger partial charge in [-0.05, 0) is 67.6 Å². The number of benzene rings is 2. The highest BCUT2D eigenvalue weighted by Gasteiger charge is 2.29. The lowest BCUT2D eigenvalue weighted by Crippen LogP contribution is -2.50. The van der Waals surface area contributed by atoms with Gasteiger partial charge in [-0.3, -0.25) is 9.59 Å². The molecule has 0 aromatic heterocycles. The van der Waals surface area contributed by atoms with Crippen LogP contribution >= 0.6 is 39.1 Å². The topological polar surface area (TPSA) is 58.6 Å². The summed E-state index contributed by atoms with van der Waals surface area (Å²) in [5.74, 6) is 0.139. The molecule has 1 N–H and O–H groups in total. The Balaban J connectivity index is 2.25. The second-order valence-electron chi connectivity index (χ2n) is 7.64. The van der Waals surface area contributed by atoms with Crippen LogP contribution in [0.4, 0.5) is 0 Å². The van der Waals surface area contributed by atoms with E-state index in [2.05, 4.69) is 21.2 Å². The van der Waals surface area contributed by atoms with E-state index in [9.17, 15) is 9.59 Å². The number of amides is 2. The number of carbonyl (C=O) groups excluding carboxylic acids is 2. The van der Waals surface area contributed by atoms with Crippen LogP contribution in [0.15, 0.2) is 34.8 Å². The van der Waals surface area contributed by atoms with E-state index in [0.717, 1.165) is 27.6 Å². The maximum atomic E-state index is 13.2. The minimum absolute atomic E-state index is 0.181. The molecule has 174 valence electrons. The molecule has 0 unspecified atom stereocenters. The second-order valence-corrected chi connectivity index (χ2v) is 9.25. The van der Waals surface area contributed by atoms with E-state index in [4.69, 9.17) is 27.9 Å². The molecule has 2 amide bonds. The summed E-state index contributed by atoms with van der Waals surface area (Å²) in [4.78, 5) is 27.6. The van der Waals surface area contributed by atoms with Gasteiger partial charge in [0.05, 0.1) is 10.0 Å². The van der Waals surface area contributed by atoms with Crippen molar-refractivity contribution in [3.05, 3.63) is 61.5 Å². The van der Waals surface area contributed by atoms with Gasteiger partial charge in [0, 0.05) is 17.6 Å². The van der Waals surface area contributed by atoms with Crippen molar-refractivity contribution < 1.29 is 14.3 Å². The number of rotatable bonds is 10. The Morgan fingerprint density at radius 2 is 1.75 bits per heavy atom. The van der Waals surface area contributed by atoms with Crippen LogP contribution in [0.3, 0.4) is 0 Å². The molecule has 0 saturated heterocycles. The molecule has 1 atom stereocenters. The van der Waals surface area contributed by atoms with Crippen LogP contribution in [0.1, 0.15) is 43.4 Å². The molecule has 0 aliphatic heterocycles. The zero-order valence-electron chi connectivity index (χ0n) is 18.8. The third-order valence-electron chi connectivity index (χ3n) is 5.04. The molecule has 0 saturated carbocycles. The molecule has 0 radical (unpaired) electrons. The van der Waals surface area contributed by atoms with Gasteiger partial charge in [-0.25, -0.2) is 0 Å². The quantitative estimate of drug-likeness (QED) is 0.394. The lowest BCUT2D eigenvalue weighted by Gasteiger charge is -2.30. The molecule has 2 aromatic carbocycles. The maximum Gasteiger partial charge on any atom is 0.261 e. The van der Waals surface area contributed by atoms with Gasteiger partial charge in [0.25, 0.3) is 5.91 Å². The molecule has 0 bridgehead atoms. The molecule has 0 fully saturated rings. The number of hydrogen-bond donors (Lipinski definition) is 1. The zero-order chi connectivity index (χ0) is 23.8. The van der Waals surface area contributed by atoms with E-state index >= 15 is 0 Å². The lowest BCUT2D eigenvalue weighted by molar-refractivity contribution is -0.143. The number of aryl methyl sites for hydroxylation is 2. The summed E-state index contributed by atoms with van der Waals surface area (Å²) in [5, 5.41) is 3.73. The standard InChI is InChI=1S/C24H29BrCl2N2O3/c1-5-9-28-24(31)21(6-2)29(13-17-7-8-19(26)20(27)12-17)22(30)14-32-18-10-15(3)23(25)16(4)11-18/h7-8,10-12,21H,5-6,9,13-14H2,1-4H3,(H,28,31)/t21-/m0/s1. The predicted octanol–water partition coefficient (Wildman–Crippen LogP) is 6.09. The van der Waals surface area contributed by atoms with Crippen molar-refractivity contribution in [3.8, 4) is 5.75 Å². The van der Waals surface area contributed by atoms with Crippen molar-refractivity contribution >= 4 is 50.9 Å². The van der Waals surface area contributed by atoms with E-state index in [1.807, 2.05) is 39.8 Å². The summed E-state index contributed by atoms with van der Waals surface area (Å²) in [6, 6.07) is 8.32. The molecule has 0 aliphatic rings. The molecular formula is C24H29BrCl2N2O3. The molecule has 8 heteroatoms. The van der Waals surface area contributed by atoms with Gasteiger partial charge in [-0.15, -0.1) is 0 Å². The molecule has 32 heavy (non-hydrogen) atoms. The average molecular weight is 544 g/mol. The van der Waals surface area contributed by atoms with Gasteiger partial charge < -0.3 is 15.0 Å². The van der Waals surface area contributed by atoms with E-state index in [1.54, 1.807) is 23.1 Å². The monoisotopic (exact) mass is 542 g/mol. The fourth-order valence-corrected chi connectivity index (χ4v) is 3.89. The summed E-state index contributed by atoms with van der Waals surface area (Å²) >= 11 is 15.7. The summed E-state index contributed by atoms with van der Waals surface area (Å²) in [5.41, 5.74) is 2.82. The van der Waals surface area contributed by atoms with Gasteiger partial charge in [0.2, 0.25) is 5.91 Å². The van der Waals surface area contributed by atoms with E-state index in [1.165, 1.54) is 0 Å². The average Bonchev–Trinajstić information content (AvgIpc) is 2.76. The second kappa shape index (κ2) is 12.5. The maximum absolute atomic E-state index is 13.2. The lowest BCUT2D eigenvalue weighted by atomic mass is 10.1. The Labute approximate surface area is 208 Å². The van der Waals surface area contributed by atoms with Crippen LogP contribution in [0.25, 0.3) is 0 Å². The Morgan fingerprint density at radius 3 is 2.31 bits per heavy atom. The highest BCUT2D eigenvalue weighted by atomic mass is 79.9. The van der Waals surface area contributed by atoms with Gasteiger partial charge >= 0.3 is 0 Å². The van der Waals surface area contributed by atoms with E-state index in [-0.39, 0.29) is 25.0 Å². The minimum Gasteiger partial charge on any atom is -0.484 e. The van der Waals surface area contributed by atoms with Crippen LogP contribution in [-0.2, 0) is 16.1 Å². The Kier molecular flexibility index (Phi) is 10.3. The van der Waals surface area contributed by atoms with Crippen molar-refractivity contribution in [1.29, 1.82) is 0 Å². The molecule has 0 heterocycles. The molecule has 0 aliphatic carbocycles. The summed E-state index contributed by atoms with van der Waals surface area (Å²) in [6.07, 6.45) is 1.29. The number of nitrogens with zero attached hydrogens (tertiary/aromatic N) is 1. The first-order chi connectivity index (χ1) is 15.2. The SMILES string of the molecule is CCCNC(=O)[C@H](CC)N(Cc1ccc(Cl)c(Cl)c1)C(=O)COc1cc(C)c(Br)c(C)c1. The third kappa shape index (κ3) is 7.12. The van der Waals surface area contributed by atoms with Crippen LogP contribution in [0, 0.1) is 13.8 Å². The Hall–Kier alpha value is -1.76. The van der Waals surface area contributed by atoms with Gasteiger partial charge in [-0.1, -0.05) is 59.0 Å². The Bertz CT molecular complexity index is 945. The van der Waals surface area contributed by atoms with Crippen LogP contribution < -0.4 is 10.1 Å². The first-order valence-electron chi connectivity index (χ1n) is 10.6. The number of ether oxygens (including phenoxy) is 1.